The van der Waals surface area contributed by atoms with Gasteiger partial charge in [0, 0.05) is 62.8 Å². The van der Waals surface area contributed by atoms with E-state index in [-0.39, 0.29) is 0 Å². The van der Waals surface area contributed by atoms with Crippen molar-refractivity contribution in [3.05, 3.63) is 40.7 Å². The van der Waals surface area contributed by atoms with Crippen molar-refractivity contribution in [3.8, 4) is 0 Å². The van der Waals surface area contributed by atoms with Crippen molar-refractivity contribution in [2.75, 3.05) is 64.5 Å². The van der Waals surface area contributed by atoms with Crippen LogP contribution in [0.1, 0.15) is 20.3 Å². The molecule has 0 bridgehead atoms. The zero-order valence-electron chi connectivity index (χ0n) is 17.9. The smallest absolute Gasteiger partial charge is 0.232 e. The van der Waals surface area contributed by atoms with Gasteiger partial charge >= 0.3 is 0 Å². The summed E-state index contributed by atoms with van der Waals surface area (Å²) in [4.78, 5) is 13.1. The minimum absolute atomic E-state index is 0.437. The third-order valence-electron chi connectivity index (χ3n) is 4.94. The lowest BCUT2D eigenvalue weighted by atomic mass is 10.2. The number of nitrogens with zero attached hydrogens (tertiary/aromatic N) is 4. The second kappa shape index (κ2) is 11.8. The van der Waals surface area contributed by atoms with Gasteiger partial charge in [-0.2, -0.15) is 0 Å². The molecule has 0 radical (unpaired) electrons. The second-order valence-corrected chi connectivity index (χ2v) is 7.56. The fraction of sp³-hybridized carbons (Fsp3) is 0.524. The van der Waals surface area contributed by atoms with Crippen LogP contribution in [0, 0.1) is 0 Å². The molecule has 160 valence electrons. The van der Waals surface area contributed by atoms with Crippen LogP contribution in [0.15, 0.2) is 45.7 Å². The molecule has 0 atom stereocenters. The lowest BCUT2D eigenvalue weighted by Gasteiger charge is -2.32. The molecule has 1 fully saturated rings. The highest BCUT2D eigenvalue weighted by molar-refractivity contribution is 6.32. The van der Waals surface area contributed by atoms with E-state index >= 15 is 0 Å². The van der Waals surface area contributed by atoms with E-state index in [1.165, 1.54) is 0 Å². The molecular weight excluding hydrogens is 388 g/mol. The topological polar surface area (TPSA) is 79.0 Å². The molecule has 3 N–H and O–H groups in total. The zero-order valence-corrected chi connectivity index (χ0v) is 18.7. The Morgan fingerprint density at radius 3 is 2.72 bits per heavy atom. The van der Waals surface area contributed by atoms with Gasteiger partial charge in [-0.3, -0.25) is 9.89 Å². The van der Waals surface area contributed by atoms with E-state index in [0.717, 1.165) is 50.4 Å². The predicted molar refractivity (Wildman–Crippen MR) is 122 cm³/mol. The van der Waals surface area contributed by atoms with E-state index in [2.05, 4.69) is 39.1 Å². The summed E-state index contributed by atoms with van der Waals surface area (Å²) in [7, 11) is 3.87. The third kappa shape index (κ3) is 7.68. The number of nitrogen functional groups attached to an aromatic ring is 1. The van der Waals surface area contributed by atoms with Gasteiger partial charge in [0.25, 0.3) is 0 Å². The molecule has 7 nitrogen and oxygen atoms in total. The average Bonchev–Trinajstić information content (AvgIpc) is 2.71. The Kier molecular flexibility index (Phi) is 9.44. The van der Waals surface area contributed by atoms with Crippen LogP contribution in [0.3, 0.4) is 0 Å². The van der Waals surface area contributed by atoms with Gasteiger partial charge < -0.3 is 20.7 Å². The van der Waals surface area contributed by atoms with Gasteiger partial charge in [-0.1, -0.05) is 24.1 Å². The van der Waals surface area contributed by atoms with E-state index in [9.17, 15) is 0 Å². The van der Waals surface area contributed by atoms with Crippen LogP contribution in [-0.2, 0) is 4.74 Å². The maximum atomic E-state index is 6.50. The van der Waals surface area contributed by atoms with Crippen LogP contribution < -0.4 is 11.1 Å². The Labute approximate surface area is 179 Å². The number of hydrogen-bond acceptors (Lipinski definition) is 7. The number of halogens is 1. The molecule has 1 aromatic rings. The molecule has 0 aliphatic carbocycles. The molecule has 1 aromatic heterocycles. The van der Waals surface area contributed by atoms with Crippen LogP contribution in [0.5, 0.6) is 0 Å². The van der Waals surface area contributed by atoms with E-state index in [1.807, 2.05) is 19.1 Å². The van der Waals surface area contributed by atoms with Crippen LogP contribution >= 0.6 is 11.6 Å². The molecule has 1 aliphatic heterocycles. The number of piperazine rings is 1. The number of hydrogen-bond donors (Lipinski definition) is 2. The third-order valence-corrected chi connectivity index (χ3v) is 5.38. The van der Waals surface area contributed by atoms with Crippen LogP contribution in [0.2, 0.25) is 0 Å². The molecule has 1 saturated heterocycles. The van der Waals surface area contributed by atoms with Crippen molar-refractivity contribution in [3.63, 3.8) is 0 Å². The summed E-state index contributed by atoms with van der Waals surface area (Å²) in [5.74, 6) is 0.947. The SMILES string of the molecule is CC/C(C)=C(Cl)/C=C(/Nc1ccnc(N)c1)C(=NC)OCCN1CCN(C)CC1. The molecule has 29 heavy (non-hydrogen) atoms. The zero-order chi connectivity index (χ0) is 21.2. The summed E-state index contributed by atoms with van der Waals surface area (Å²) in [6, 6.07) is 3.60. The molecule has 8 heteroatoms. The van der Waals surface area contributed by atoms with E-state index in [1.54, 1.807) is 19.3 Å². The number of rotatable bonds is 8. The molecule has 0 saturated carbocycles. The molecule has 0 spiro atoms. The Hall–Kier alpha value is -2.09. The fourth-order valence-electron chi connectivity index (χ4n) is 2.86. The van der Waals surface area contributed by atoms with E-state index in [4.69, 9.17) is 22.1 Å². The lowest BCUT2D eigenvalue weighted by Crippen LogP contribution is -2.45. The van der Waals surface area contributed by atoms with Crippen LogP contribution in [0.25, 0.3) is 0 Å². The van der Waals surface area contributed by atoms with Crippen molar-refractivity contribution in [1.29, 1.82) is 0 Å². The van der Waals surface area contributed by atoms with Gasteiger partial charge in [-0.05, 0) is 32.5 Å². The quantitative estimate of drug-likeness (QED) is 0.382. The molecular formula is C21H33ClN6O. The fourth-order valence-corrected chi connectivity index (χ4v) is 3.10. The largest absolute Gasteiger partial charge is 0.475 e. The predicted octanol–water partition coefficient (Wildman–Crippen LogP) is 3.17. The van der Waals surface area contributed by atoms with Crippen LogP contribution in [0.4, 0.5) is 11.5 Å². The maximum Gasteiger partial charge on any atom is 0.232 e. The minimum Gasteiger partial charge on any atom is -0.475 e. The summed E-state index contributed by atoms with van der Waals surface area (Å²) >= 11 is 6.50. The highest BCUT2D eigenvalue weighted by Gasteiger charge is 2.15. The van der Waals surface area contributed by atoms with E-state index < -0.39 is 0 Å². The molecule has 0 amide bonds. The van der Waals surface area contributed by atoms with Crippen LogP contribution in [-0.4, -0.2) is 74.1 Å². The van der Waals surface area contributed by atoms with Gasteiger partial charge in [-0.15, -0.1) is 0 Å². The first kappa shape index (κ1) is 23.2. The van der Waals surface area contributed by atoms with Crippen molar-refractivity contribution < 1.29 is 4.74 Å². The number of likely N-dealkylation sites (N-methyl/N-ethyl adjacent to an activating group) is 1. The van der Waals surface area contributed by atoms with Gasteiger partial charge in [0.15, 0.2) is 0 Å². The van der Waals surface area contributed by atoms with Gasteiger partial charge in [0.2, 0.25) is 5.90 Å². The summed E-state index contributed by atoms with van der Waals surface area (Å²) in [6.07, 6.45) is 4.38. The van der Waals surface area contributed by atoms with Gasteiger partial charge in [-0.25, -0.2) is 4.98 Å². The summed E-state index contributed by atoms with van der Waals surface area (Å²) < 4.78 is 6.04. The molecule has 0 unspecified atom stereocenters. The lowest BCUT2D eigenvalue weighted by molar-refractivity contribution is 0.131. The van der Waals surface area contributed by atoms with E-state index in [0.29, 0.717) is 29.1 Å². The van der Waals surface area contributed by atoms with Crippen molar-refractivity contribution in [2.45, 2.75) is 20.3 Å². The molecule has 0 aromatic carbocycles. The first-order chi connectivity index (χ1) is 13.9. The number of aliphatic imine (C=N–C) groups is 1. The average molecular weight is 421 g/mol. The maximum absolute atomic E-state index is 6.50. The molecule has 2 heterocycles. The standard InChI is InChI=1S/C21H33ClN6O/c1-5-16(2)18(22)15-19(26-17-6-7-25-20(23)14-17)21(24-3)29-13-12-28-10-8-27(4)9-11-28/h6-7,14-15H,5,8-13H2,1-4H3,(H3,23,25,26)/b18-16-,19-15+,24-21?. The first-order valence-corrected chi connectivity index (χ1v) is 10.4. The second-order valence-electron chi connectivity index (χ2n) is 7.16. The normalized spacial score (nSPS) is 17.8. The summed E-state index contributed by atoms with van der Waals surface area (Å²) in [5, 5.41) is 3.99. The number of allylic oxidation sites excluding steroid dienone is 3. The molecule has 2 rings (SSSR count). The monoisotopic (exact) mass is 420 g/mol. The van der Waals surface area contributed by atoms with Gasteiger partial charge in [0.05, 0.1) is 0 Å². The number of pyridine rings is 1. The summed E-state index contributed by atoms with van der Waals surface area (Å²) in [6.45, 7) is 9.78. The van der Waals surface area contributed by atoms with Gasteiger partial charge in [0.1, 0.15) is 18.1 Å². The number of ether oxygens (including phenoxy) is 1. The Bertz CT molecular complexity index is 753. The Morgan fingerprint density at radius 1 is 1.38 bits per heavy atom. The Morgan fingerprint density at radius 2 is 2.10 bits per heavy atom. The Balaban J connectivity index is 2.11. The number of nitrogens with one attached hydrogen (secondary N) is 1. The number of anilines is 2. The first-order valence-electron chi connectivity index (χ1n) is 9.99. The van der Waals surface area contributed by atoms with Crippen molar-refractivity contribution in [1.82, 2.24) is 14.8 Å². The molecule has 1 aliphatic rings. The highest BCUT2D eigenvalue weighted by atomic mass is 35.5. The number of aromatic nitrogens is 1. The number of nitrogens with two attached hydrogens (primary N) is 1. The summed E-state index contributed by atoms with van der Waals surface area (Å²) in [5.41, 5.74) is 8.39. The van der Waals surface area contributed by atoms with Crippen molar-refractivity contribution in [2.24, 2.45) is 4.99 Å². The van der Waals surface area contributed by atoms with Crippen molar-refractivity contribution >= 4 is 29.0 Å². The minimum atomic E-state index is 0.437. The highest BCUT2D eigenvalue weighted by Crippen LogP contribution is 2.19.